The minimum atomic E-state index is -0.597. The fourth-order valence-corrected chi connectivity index (χ4v) is 3.65. The summed E-state index contributed by atoms with van der Waals surface area (Å²) in [6.07, 6.45) is 5.72. The Kier molecular flexibility index (Phi) is 1.67. The molecule has 2 bridgehead atoms. The van der Waals surface area contributed by atoms with Gasteiger partial charge in [-0.1, -0.05) is 25.5 Å². The maximum absolute atomic E-state index is 10.9. The lowest BCUT2D eigenvalue weighted by Gasteiger charge is -2.56. The monoisotopic (exact) mass is 206 g/mol. The number of aliphatic carboxylic acids is 1. The third-order valence-corrected chi connectivity index (χ3v) is 5.05. The summed E-state index contributed by atoms with van der Waals surface area (Å²) in [7, 11) is 0. The molecule has 82 valence electrons. The first-order valence-corrected chi connectivity index (χ1v) is 5.94. The number of rotatable bonds is 2. The Balaban J connectivity index is 1.79. The molecular formula is C13H18O2. The van der Waals surface area contributed by atoms with Gasteiger partial charge < -0.3 is 5.11 Å². The molecule has 0 aliphatic heterocycles. The van der Waals surface area contributed by atoms with Gasteiger partial charge in [-0.15, -0.1) is 0 Å². The lowest BCUT2D eigenvalue weighted by atomic mass is 9.48. The molecule has 15 heavy (non-hydrogen) atoms. The number of hydrogen-bond donors (Lipinski definition) is 1. The Hall–Kier alpha value is -0.790. The zero-order valence-corrected chi connectivity index (χ0v) is 9.36. The van der Waals surface area contributed by atoms with Crippen molar-refractivity contribution in [3.05, 3.63) is 11.6 Å². The van der Waals surface area contributed by atoms with Crippen molar-refractivity contribution in [3.63, 3.8) is 0 Å². The fourth-order valence-electron chi connectivity index (χ4n) is 3.65. The van der Waals surface area contributed by atoms with Crippen molar-refractivity contribution in [2.45, 2.75) is 33.1 Å². The van der Waals surface area contributed by atoms with Crippen LogP contribution in [0.15, 0.2) is 11.6 Å². The molecule has 0 spiro atoms. The Labute approximate surface area is 90.4 Å². The van der Waals surface area contributed by atoms with Crippen LogP contribution in [-0.4, -0.2) is 11.1 Å². The van der Waals surface area contributed by atoms with E-state index in [1.165, 1.54) is 18.4 Å². The zero-order valence-electron chi connectivity index (χ0n) is 9.36. The summed E-state index contributed by atoms with van der Waals surface area (Å²) in [5.74, 6) is 1.26. The second-order valence-corrected chi connectivity index (χ2v) is 6.03. The van der Waals surface area contributed by atoms with Gasteiger partial charge >= 0.3 is 5.97 Å². The summed E-state index contributed by atoms with van der Waals surface area (Å²) < 4.78 is 0. The first-order chi connectivity index (χ1) is 7.01. The van der Waals surface area contributed by atoms with Gasteiger partial charge in [-0.05, 0) is 42.4 Å². The summed E-state index contributed by atoms with van der Waals surface area (Å²) in [6.45, 7) is 4.69. The second kappa shape index (κ2) is 2.66. The molecule has 0 aromatic rings. The number of allylic oxidation sites excluding steroid dienone is 2. The molecule has 2 fully saturated rings. The third kappa shape index (κ3) is 1.14. The van der Waals surface area contributed by atoms with Crippen molar-refractivity contribution in [1.29, 1.82) is 0 Å². The van der Waals surface area contributed by atoms with Gasteiger partial charge in [-0.3, -0.25) is 4.79 Å². The Morgan fingerprint density at radius 2 is 2.20 bits per heavy atom. The van der Waals surface area contributed by atoms with Crippen molar-refractivity contribution in [3.8, 4) is 0 Å². The van der Waals surface area contributed by atoms with Crippen molar-refractivity contribution < 1.29 is 9.90 Å². The first kappa shape index (κ1) is 9.44. The Morgan fingerprint density at radius 3 is 2.67 bits per heavy atom. The van der Waals surface area contributed by atoms with E-state index in [1.807, 2.05) is 0 Å². The fraction of sp³-hybridized carbons (Fsp3) is 0.769. The maximum atomic E-state index is 10.9. The van der Waals surface area contributed by atoms with Gasteiger partial charge in [0.2, 0.25) is 0 Å². The number of carboxylic acid groups (broad SMARTS) is 1. The molecule has 2 saturated carbocycles. The molecule has 2 heteroatoms. The van der Waals surface area contributed by atoms with E-state index in [4.69, 9.17) is 5.11 Å². The highest BCUT2D eigenvalue weighted by molar-refractivity contribution is 5.74. The molecule has 0 amide bonds. The smallest absolute Gasteiger partial charge is 0.307 e. The Bertz CT molecular complexity index is 354. The Morgan fingerprint density at radius 1 is 1.47 bits per heavy atom. The largest absolute Gasteiger partial charge is 0.481 e. The topological polar surface area (TPSA) is 37.3 Å². The molecule has 0 heterocycles. The van der Waals surface area contributed by atoms with Crippen molar-refractivity contribution in [2.24, 2.45) is 29.1 Å². The van der Waals surface area contributed by atoms with E-state index < -0.39 is 5.97 Å². The highest BCUT2D eigenvalue weighted by Gasteiger charge is 2.57. The molecule has 4 aliphatic carbocycles. The van der Waals surface area contributed by atoms with Gasteiger partial charge in [0.15, 0.2) is 0 Å². The molecule has 4 rings (SSSR count). The predicted molar refractivity (Wildman–Crippen MR) is 57.3 cm³/mol. The average molecular weight is 206 g/mol. The number of hydrogen-bond acceptors (Lipinski definition) is 1. The van der Waals surface area contributed by atoms with Crippen LogP contribution >= 0.6 is 0 Å². The van der Waals surface area contributed by atoms with E-state index in [0.717, 1.165) is 12.3 Å². The molecule has 0 aromatic carbocycles. The van der Waals surface area contributed by atoms with Gasteiger partial charge in [0.25, 0.3) is 0 Å². The summed E-state index contributed by atoms with van der Waals surface area (Å²) in [6, 6.07) is 0. The molecule has 0 saturated heterocycles. The highest BCUT2D eigenvalue weighted by Crippen LogP contribution is 2.64. The van der Waals surface area contributed by atoms with E-state index in [1.54, 1.807) is 0 Å². The van der Waals surface area contributed by atoms with Crippen LogP contribution in [0, 0.1) is 29.1 Å². The minimum absolute atomic E-state index is 0.0656. The van der Waals surface area contributed by atoms with Crippen LogP contribution < -0.4 is 0 Å². The van der Waals surface area contributed by atoms with Crippen molar-refractivity contribution in [1.82, 2.24) is 0 Å². The molecule has 2 unspecified atom stereocenters. The number of fused-ring (bicyclic) bond motifs is 1. The van der Waals surface area contributed by atoms with E-state index in [0.29, 0.717) is 17.3 Å². The minimum Gasteiger partial charge on any atom is -0.481 e. The van der Waals surface area contributed by atoms with Gasteiger partial charge in [0, 0.05) is 0 Å². The highest BCUT2D eigenvalue weighted by atomic mass is 16.4. The van der Waals surface area contributed by atoms with Gasteiger partial charge in [-0.25, -0.2) is 0 Å². The second-order valence-electron chi connectivity index (χ2n) is 6.03. The predicted octanol–water partition coefficient (Wildman–Crippen LogP) is 2.70. The summed E-state index contributed by atoms with van der Waals surface area (Å²) >= 11 is 0. The third-order valence-electron chi connectivity index (χ3n) is 5.05. The number of carboxylic acids is 1. The molecule has 4 aliphatic rings. The van der Waals surface area contributed by atoms with E-state index in [2.05, 4.69) is 19.9 Å². The first-order valence-electron chi connectivity index (χ1n) is 5.94. The van der Waals surface area contributed by atoms with Crippen LogP contribution in [0.2, 0.25) is 0 Å². The van der Waals surface area contributed by atoms with Gasteiger partial charge in [0.1, 0.15) is 0 Å². The van der Waals surface area contributed by atoms with Crippen LogP contribution in [0.5, 0.6) is 0 Å². The standard InChI is InChI=1S/C13H18O2/c1-13(2)7-3-4-8(11(13)5-7)9-6-10(9)12(14)15/h4,7,9-11H,3,5-6H2,1-2H3,(H,14,15)/t7?,9-,10+,11?/m0/s1. The SMILES string of the molecule is CC1(C)C2CC=C([C@@H]3C[C@H]3C(=O)O)C1C2. The van der Waals surface area contributed by atoms with E-state index >= 15 is 0 Å². The lowest BCUT2D eigenvalue weighted by Crippen LogP contribution is -2.48. The van der Waals surface area contributed by atoms with Crippen molar-refractivity contribution in [2.75, 3.05) is 0 Å². The van der Waals surface area contributed by atoms with Gasteiger partial charge in [-0.2, -0.15) is 0 Å². The normalized spacial score (nSPS) is 45.3. The summed E-state index contributed by atoms with van der Waals surface area (Å²) in [5, 5.41) is 8.96. The van der Waals surface area contributed by atoms with Gasteiger partial charge in [0.05, 0.1) is 5.92 Å². The van der Waals surface area contributed by atoms with E-state index in [9.17, 15) is 4.79 Å². The van der Waals surface area contributed by atoms with Crippen LogP contribution in [0.1, 0.15) is 33.1 Å². The molecular weight excluding hydrogens is 188 g/mol. The average Bonchev–Trinajstić information content (AvgIpc) is 2.97. The van der Waals surface area contributed by atoms with Crippen LogP contribution in [-0.2, 0) is 4.79 Å². The van der Waals surface area contributed by atoms with Crippen molar-refractivity contribution >= 4 is 5.97 Å². The number of carbonyl (C=O) groups is 1. The zero-order chi connectivity index (χ0) is 10.8. The lowest BCUT2D eigenvalue weighted by molar-refractivity contribution is -0.138. The molecule has 1 N–H and O–H groups in total. The summed E-state index contributed by atoms with van der Waals surface area (Å²) in [4.78, 5) is 10.9. The molecule has 2 nitrogen and oxygen atoms in total. The van der Waals surface area contributed by atoms with Crippen LogP contribution in [0.4, 0.5) is 0 Å². The van der Waals surface area contributed by atoms with Crippen LogP contribution in [0.25, 0.3) is 0 Å². The quantitative estimate of drug-likeness (QED) is 0.705. The molecule has 0 radical (unpaired) electrons. The maximum Gasteiger partial charge on any atom is 0.307 e. The molecule has 0 aromatic heterocycles. The summed E-state index contributed by atoms with van der Waals surface area (Å²) in [5.41, 5.74) is 1.92. The van der Waals surface area contributed by atoms with Crippen LogP contribution in [0.3, 0.4) is 0 Å². The van der Waals surface area contributed by atoms with E-state index in [-0.39, 0.29) is 5.92 Å². The molecule has 4 atom stereocenters.